The summed E-state index contributed by atoms with van der Waals surface area (Å²) in [7, 11) is -2.02. The van der Waals surface area contributed by atoms with Crippen LogP contribution < -0.4 is 10.6 Å². The summed E-state index contributed by atoms with van der Waals surface area (Å²) in [6, 6.07) is 5.17. The number of aryl methyl sites for hydroxylation is 1. The number of ether oxygens (including phenoxy) is 1. The summed E-state index contributed by atoms with van der Waals surface area (Å²) in [4.78, 5) is 20.6. The zero-order valence-corrected chi connectivity index (χ0v) is 21.5. The van der Waals surface area contributed by atoms with Gasteiger partial charge in [0.25, 0.3) is 0 Å². The van der Waals surface area contributed by atoms with E-state index in [0.29, 0.717) is 11.6 Å². The Morgan fingerprint density at radius 2 is 1.79 bits per heavy atom. The topological polar surface area (TPSA) is 128 Å². The first-order chi connectivity index (χ1) is 17.9. The van der Waals surface area contributed by atoms with Crippen molar-refractivity contribution in [1.29, 1.82) is 0 Å². The second-order valence-electron chi connectivity index (χ2n) is 9.34. The molecule has 1 aromatic carbocycles. The number of benzene rings is 1. The minimum absolute atomic E-state index is 0.114. The van der Waals surface area contributed by atoms with Gasteiger partial charge in [-0.1, -0.05) is 0 Å². The molecule has 38 heavy (non-hydrogen) atoms. The normalized spacial score (nSPS) is 18.3. The second-order valence-corrected chi connectivity index (χ2v) is 11.3. The van der Waals surface area contributed by atoms with Gasteiger partial charge in [0.2, 0.25) is 15.8 Å². The van der Waals surface area contributed by atoms with E-state index < -0.39 is 34.6 Å². The van der Waals surface area contributed by atoms with Crippen molar-refractivity contribution < 1.29 is 31.1 Å². The van der Waals surface area contributed by atoms with Crippen LogP contribution in [0.5, 0.6) is 0 Å². The van der Waals surface area contributed by atoms with Crippen LogP contribution in [0.4, 0.5) is 29.6 Å². The van der Waals surface area contributed by atoms with Gasteiger partial charge in [-0.25, -0.2) is 23.2 Å². The number of carbonyl (C=O) groups excluding carboxylic acids is 1. The van der Waals surface area contributed by atoms with E-state index in [1.54, 1.807) is 31.6 Å². The molecule has 0 saturated heterocycles. The number of alkyl carbamates (subject to hydrolysis) is 1. The molecule has 14 heteroatoms. The van der Waals surface area contributed by atoms with E-state index in [2.05, 4.69) is 25.7 Å². The van der Waals surface area contributed by atoms with E-state index >= 15 is 0 Å². The first kappa shape index (κ1) is 27.4. The summed E-state index contributed by atoms with van der Waals surface area (Å²) < 4.78 is 68.9. The molecule has 0 bridgehead atoms. The fourth-order valence-electron chi connectivity index (χ4n) is 4.11. The lowest BCUT2D eigenvalue weighted by Crippen LogP contribution is -2.38. The van der Waals surface area contributed by atoms with Crippen molar-refractivity contribution in [2.24, 2.45) is 13.0 Å². The van der Waals surface area contributed by atoms with Crippen LogP contribution in [0.25, 0.3) is 0 Å². The lowest BCUT2D eigenvalue weighted by Gasteiger charge is -2.34. The number of anilines is 2. The SMILES string of the molecule is C[C@@H](CC(F)(F)F)NC(=O)OCC1CC(c2cnc(Nc3ccc(S(=O)(=O)c4cnn(C)c4)cc3)nc2)C1. The molecule has 0 spiro atoms. The summed E-state index contributed by atoms with van der Waals surface area (Å²) in [5.41, 5.74) is 1.54. The van der Waals surface area contributed by atoms with Crippen molar-refractivity contribution >= 4 is 27.6 Å². The molecule has 1 aliphatic carbocycles. The number of hydrogen-bond donors (Lipinski definition) is 2. The third-order valence-corrected chi connectivity index (χ3v) is 7.87. The minimum Gasteiger partial charge on any atom is -0.449 e. The molecule has 0 aliphatic heterocycles. The molecule has 1 atom stereocenters. The average Bonchev–Trinajstić information content (AvgIpc) is 3.25. The maximum atomic E-state index is 12.7. The summed E-state index contributed by atoms with van der Waals surface area (Å²) in [5, 5.41) is 9.12. The Kier molecular flexibility index (Phi) is 7.90. The van der Waals surface area contributed by atoms with E-state index in [4.69, 9.17) is 4.74 Å². The summed E-state index contributed by atoms with van der Waals surface area (Å²) in [6.07, 6.45) is 1.30. The van der Waals surface area contributed by atoms with Gasteiger partial charge in [0, 0.05) is 37.4 Å². The summed E-state index contributed by atoms with van der Waals surface area (Å²) >= 11 is 0. The molecule has 1 saturated carbocycles. The van der Waals surface area contributed by atoms with Crippen molar-refractivity contribution in [2.75, 3.05) is 11.9 Å². The number of alkyl halides is 3. The van der Waals surface area contributed by atoms with E-state index in [-0.39, 0.29) is 28.2 Å². The molecule has 10 nitrogen and oxygen atoms in total. The summed E-state index contributed by atoms with van der Waals surface area (Å²) in [6.45, 7) is 1.41. The molecule has 1 fully saturated rings. The Balaban J connectivity index is 1.22. The van der Waals surface area contributed by atoms with E-state index in [1.807, 2.05) is 0 Å². The van der Waals surface area contributed by atoms with Crippen LogP contribution in [0.15, 0.2) is 58.8 Å². The Morgan fingerprint density at radius 3 is 2.37 bits per heavy atom. The lowest BCUT2D eigenvalue weighted by atomic mass is 9.72. The maximum Gasteiger partial charge on any atom is 0.407 e. The number of rotatable bonds is 9. The molecule has 0 unspecified atom stereocenters. The van der Waals surface area contributed by atoms with Crippen LogP contribution in [-0.2, 0) is 21.6 Å². The monoisotopic (exact) mass is 552 g/mol. The van der Waals surface area contributed by atoms with Gasteiger partial charge in [-0.2, -0.15) is 18.3 Å². The van der Waals surface area contributed by atoms with Crippen LogP contribution in [0.2, 0.25) is 0 Å². The van der Waals surface area contributed by atoms with Gasteiger partial charge < -0.3 is 15.4 Å². The van der Waals surface area contributed by atoms with Gasteiger partial charge in [0.05, 0.1) is 24.1 Å². The molecule has 1 aliphatic rings. The standard InChI is InChI=1S/C24H27F3N6O4S/c1-15(9-24(25,26)27)31-23(34)37-14-16-7-17(8-16)18-10-28-22(29-11-18)32-19-3-5-20(6-4-19)38(35,36)21-12-30-33(2)13-21/h3-6,10-13,15-17H,7-9,14H2,1-2H3,(H,31,34)(H,28,29,32)/t15-,16?,17?/m0/s1. The van der Waals surface area contributed by atoms with Gasteiger partial charge in [-0.15, -0.1) is 0 Å². The van der Waals surface area contributed by atoms with Crippen molar-refractivity contribution in [3.63, 3.8) is 0 Å². The number of nitrogens with zero attached hydrogens (tertiary/aromatic N) is 4. The number of amides is 1. The van der Waals surface area contributed by atoms with Gasteiger partial charge in [0.1, 0.15) is 4.90 Å². The number of halogens is 3. The number of hydrogen-bond acceptors (Lipinski definition) is 8. The Hall–Kier alpha value is -3.68. The van der Waals surface area contributed by atoms with Crippen molar-refractivity contribution in [3.05, 3.63) is 54.6 Å². The first-order valence-corrected chi connectivity index (χ1v) is 13.3. The van der Waals surface area contributed by atoms with Crippen molar-refractivity contribution in [3.8, 4) is 0 Å². The zero-order chi connectivity index (χ0) is 27.5. The Morgan fingerprint density at radius 1 is 1.13 bits per heavy atom. The molecular weight excluding hydrogens is 525 g/mol. The van der Waals surface area contributed by atoms with Crippen LogP contribution in [0.1, 0.15) is 37.7 Å². The van der Waals surface area contributed by atoms with Crippen molar-refractivity contribution in [2.45, 2.75) is 54.1 Å². The number of nitrogens with one attached hydrogen (secondary N) is 2. The van der Waals surface area contributed by atoms with Crippen LogP contribution in [0.3, 0.4) is 0 Å². The highest BCUT2D eigenvalue weighted by molar-refractivity contribution is 7.91. The average molecular weight is 553 g/mol. The first-order valence-electron chi connectivity index (χ1n) is 11.8. The molecular formula is C24H27F3N6O4S. The number of aromatic nitrogens is 4. The van der Waals surface area contributed by atoms with Crippen LogP contribution in [-0.4, -0.2) is 53.1 Å². The number of carbonyl (C=O) groups is 1. The third-order valence-electron chi connectivity index (χ3n) is 6.14. The minimum atomic E-state index is -4.35. The second kappa shape index (κ2) is 11.0. The van der Waals surface area contributed by atoms with E-state index in [1.165, 1.54) is 36.1 Å². The molecule has 204 valence electrons. The highest BCUT2D eigenvalue weighted by Crippen LogP contribution is 2.41. The maximum absolute atomic E-state index is 12.7. The van der Waals surface area contributed by atoms with Crippen LogP contribution in [0, 0.1) is 5.92 Å². The van der Waals surface area contributed by atoms with Crippen LogP contribution >= 0.6 is 0 Å². The van der Waals surface area contributed by atoms with Gasteiger partial charge in [-0.3, -0.25) is 4.68 Å². The van der Waals surface area contributed by atoms with Gasteiger partial charge >= 0.3 is 12.3 Å². The highest BCUT2D eigenvalue weighted by Gasteiger charge is 2.33. The molecule has 2 aromatic heterocycles. The molecule has 0 radical (unpaired) electrons. The van der Waals surface area contributed by atoms with Gasteiger partial charge in [0.15, 0.2) is 0 Å². The third kappa shape index (κ3) is 7.00. The fourth-order valence-corrected chi connectivity index (χ4v) is 5.36. The predicted octanol–water partition coefficient (Wildman–Crippen LogP) is 4.35. The van der Waals surface area contributed by atoms with Gasteiger partial charge in [-0.05, 0) is 61.4 Å². The molecule has 4 rings (SSSR count). The smallest absolute Gasteiger partial charge is 0.407 e. The molecule has 3 aromatic rings. The predicted molar refractivity (Wildman–Crippen MR) is 130 cm³/mol. The number of sulfone groups is 1. The molecule has 1 amide bonds. The lowest BCUT2D eigenvalue weighted by molar-refractivity contribution is -0.138. The van der Waals surface area contributed by atoms with Crippen molar-refractivity contribution in [1.82, 2.24) is 25.1 Å². The fraction of sp³-hybridized carbons (Fsp3) is 0.417. The Labute approximate surface area is 217 Å². The highest BCUT2D eigenvalue weighted by atomic mass is 32.2. The van der Waals surface area contributed by atoms with E-state index in [9.17, 15) is 26.4 Å². The van der Waals surface area contributed by atoms with E-state index in [0.717, 1.165) is 18.4 Å². The quantitative estimate of drug-likeness (QED) is 0.401. The molecule has 2 N–H and O–H groups in total. The summed E-state index contributed by atoms with van der Waals surface area (Å²) in [5.74, 6) is 0.658. The largest absolute Gasteiger partial charge is 0.449 e. The zero-order valence-electron chi connectivity index (χ0n) is 20.6. The molecule has 2 heterocycles. The Bertz CT molecular complexity index is 1360.